The number of H-pyrrole nitrogens is 1. The summed E-state index contributed by atoms with van der Waals surface area (Å²) in [6.07, 6.45) is -0.323. The second kappa shape index (κ2) is 16.7. The van der Waals surface area contributed by atoms with Crippen LogP contribution in [0.15, 0.2) is 48.5 Å². The van der Waals surface area contributed by atoms with Crippen LogP contribution in [0, 0.1) is 18.6 Å². The van der Waals surface area contributed by atoms with E-state index in [-0.39, 0.29) is 31.1 Å². The van der Waals surface area contributed by atoms with Gasteiger partial charge in [0.2, 0.25) is 0 Å². The predicted molar refractivity (Wildman–Crippen MR) is 164 cm³/mol. The third-order valence-corrected chi connectivity index (χ3v) is 8.78. The summed E-state index contributed by atoms with van der Waals surface area (Å²) in [5.41, 5.74) is 9.33. The Morgan fingerprint density at radius 2 is 1.82 bits per heavy atom. The molecule has 44 heavy (non-hydrogen) atoms. The number of aliphatic hydroxyl groups is 1. The van der Waals surface area contributed by atoms with Crippen LogP contribution < -0.4 is 11.1 Å². The van der Waals surface area contributed by atoms with Gasteiger partial charge in [0.15, 0.2) is 9.84 Å². The zero-order chi connectivity index (χ0) is 32.3. The van der Waals surface area contributed by atoms with E-state index in [1.165, 1.54) is 18.2 Å². The first-order chi connectivity index (χ1) is 20.9. The van der Waals surface area contributed by atoms with Gasteiger partial charge in [0.25, 0.3) is 5.91 Å². The molecule has 5 N–H and O–H groups in total. The molecule has 3 rings (SSSR count). The lowest BCUT2D eigenvalue weighted by molar-refractivity contribution is -0.0439. The van der Waals surface area contributed by atoms with Crippen molar-refractivity contribution in [2.24, 2.45) is 5.73 Å². The van der Waals surface area contributed by atoms with E-state index in [0.717, 1.165) is 23.6 Å². The minimum Gasteiger partial charge on any atom is -0.390 e. The van der Waals surface area contributed by atoms with Crippen molar-refractivity contribution in [3.63, 3.8) is 0 Å². The first-order valence-corrected chi connectivity index (χ1v) is 16.5. The van der Waals surface area contributed by atoms with Crippen LogP contribution in [0.25, 0.3) is 0 Å². The Morgan fingerprint density at radius 3 is 2.45 bits per heavy atom. The second-order valence-corrected chi connectivity index (χ2v) is 13.3. The number of aromatic amines is 1. The highest BCUT2D eigenvalue weighted by Gasteiger charge is 2.25. The Labute approximate surface area is 257 Å². The molecule has 10 nitrogen and oxygen atoms in total. The van der Waals surface area contributed by atoms with Crippen molar-refractivity contribution in [2.45, 2.75) is 71.4 Å². The fraction of sp³-hybridized carbons (Fsp3) is 0.484. The molecule has 0 aliphatic carbocycles. The average Bonchev–Trinajstić information content (AvgIpc) is 3.40. The zero-order valence-corrected chi connectivity index (χ0v) is 26.2. The van der Waals surface area contributed by atoms with Crippen molar-refractivity contribution in [2.75, 3.05) is 24.8 Å². The van der Waals surface area contributed by atoms with Gasteiger partial charge in [-0.25, -0.2) is 17.2 Å². The van der Waals surface area contributed by atoms with Gasteiger partial charge in [-0.1, -0.05) is 44.5 Å². The number of aliphatic hydroxyl groups excluding tert-OH is 1. The molecule has 3 aromatic rings. The maximum atomic E-state index is 13.7. The molecule has 0 unspecified atom stereocenters. The molecular weight excluding hydrogens is 592 g/mol. The van der Waals surface area contributed by atoms with Crippen LogP contribution in [0.2, 0.25) is 0 Å². The number of nitrogens with one attached hydrogen (secondary N) is 2. The molecule has 0 radical (unpaired) electrons. The van der Waals surface area contributed by atoms with Gasteiger partial charge in [-0.05, 0) is 61.1 Å². The number of unbranched alkanes of at least 4 members (excludes halogenated alkanes) is 1. The largest absolute Gasteiger partial charge is 0.390 e. The Kier molecular flexibility index (Phi) is 13.4. The number of hydrogen-bond donors (Lipinski definition) is 4. The van der Waals surface area contributed by atoms with Crippen molar-refractivity contribution >= 4 is 15.7 Å². The summed E-state index contributed by atoms with van der Waals surface area (Å²) in [6.45, 7) is 5.78. The van der Waals surface area contributed by atoms with E-state index >= 15 is 0 Å². The minimum absolute atomic E-state index is 0.00168. The highest BCUT2D eigenvalue weighted by atomic mass is 32.2. The minimum atomic E-state index is -3.57. The molecule has 1 amide bonds. The summed E-state index contributed by atoms with van der Waals surface area (Å²) in [6, 6.07) is 11.6. The molecule has 242 valence electrons. The van der Waals surface area contributed by atoms with E-state index in [9.17, 15) is 27.1 Å². The molecular formula is C31H43F2N5O5S. The van der Waals surface area contributed by atoms with Crippen molar-refractivity contribution in [1.82, 2.24) is 20.4 Å². The molecule has 3 atom stereocenters. The number of amides is 1. The van der Waals surface area contributed by atoms with Crippen LogP contribution in [0.5, 0.6) is 0 Å². The van der Waals surface area contributed by atoms with E-state index < -0.39 is 51.5 Å². The first kappa shape index (κ1) is 35.3. The van der Waals surface area contributed by atoms with E-state index in [2.05, 4.69) is 15.5 Å². The normalized spacial score (nSPS) is 14.0. The number of aromatic nitrogens is 2. The molecule has 0 spiro atoms. The van der Waals surface area contributed by atoms with E-state index in [0.29, 0.717) is 30.6 Å². The maximum absolute atomic E-state index is 13.7. The number of nitrogens with zero attached hydrogens (tertiary/aromatic N) is 2. The lowest BCUT2D eigenvalue weighted by Crippen LogP contribution is -2.48. The van der Waals surface area contributed by atoms with Crippen molar-refractivity contribution in [1.29, 1.82) is 0 Å². The number of carbonyl (C=O) groups excluding carboxylic acids is 1. The highest BCUT2D eigenvalue weighted by molar-refractivity contribution is 7.91. The molecule has 0 aliphatic heterocycles. The first-order valence-electron chi connectivity index (χ1n) is 14.7. The number of benzene rings is 2. The van der Waals surface area contributed by atoms with Gasteiger partial charge >= 0.3 is 0 Å². The molecule has 0 fully saturated rings. The standard InChI is InChI=1S/C31H43F2N5O5S/c1-4-6-10-44(41,42)19-30(35-31(40)28-11-21(3)36-37-28)43-20-38(17-23-9-7-8-22(5-2)12-23)18-29(39)27(34)15-24-13-25(32)16-26(33)14-24/h7-9,11-14,16,27,29-30,39H,4-6,10,15,17-20,34H2,1-3H3,(H,35,40)(H,36,37)/t27-,29+,30-/m0/s1. The quantitative estimate of drug-likeness (QED) is 0.156. The van der Waals surface area contributed by atoms with Gasteiger partial charge < -0.3 is 20.9 Å². The summed E-state index contributed by atoms with van der Waals surface area (Å²) < 4.78 is 59.1. The predicted octanol–water partition coefficient (Wildman–Crippen LogP) is 3.24. The topological polar surface area (TPSA) is 151 Å². The number of sulfone groups is 1. The van der Waals surface area contributed by atoms with Crippen molar-refractivity contribution in [3.8, 4) is 0 Å². The van der Waals surface area contributed by atoms with Gasteiger partial charge in [-0.15, -0.1) is 0 Å². The summed E-state index contributed by atoms with van der Waals surface area (Å²) in [4.78, 5) is 14.6. The zero-order valence-electron chi connectivity index (χ0n) is 25.4. The van der Waals surface area contributed by atoms with Crippen LogP contribution >= 0.6 is 0 Å². The molecule has 13 heteroatoms. The molecule has 0 saturated carbocycles. The third-order valence-electron chi connectivity index (χ3n) is 7.05. The lowest BCUT2D eigenvalue weighted by Gasteiger charge is -2.30. The van der Waals surface area contributed by atoms with Crippen LogP contribution in [0.1, 0.15) is 59.6 Å². The van der Waals surface area contributed by atoms with Crippen LogP contribution in [-0.2, 0) is 34.0 Å². The van der Waals surface area contributed by atoms with Crippen LogP contribution in [0.3, 0.4) is 0 Å². The molecule has 1 heterocycles. The van der Waals surface area contributed by atoms with Gasteiger partial charge in [-0.2, -0.15) is 5.10 Å². The molecule has 0 bridgehead atoms. The number of hydrogen-bond acceptors (Lipinski definition) is 8. The van der Waals surface area contributed by atoms with Gasteiger partial charge in [0, 0.05) is 25.2 Å². The Hall–Kier alpha value is -3.23. The summed E-state index contributed by atoms with van der Waals surface area (Å²) in [5.74, 6) is -2.55. The Bertz CT molecular complexity index is 1450. The summed E-state index contributed by atoms with van der Waals surface area (Å²) in [7, 11) is -3.57. The average molecular weight is 636 g/mol. The number of halogens is 2. The fourth-order valence-corrected chi connectivity index (χ4v) is 6.21. The second-order valence-electron chi connectivity index (χ2n) is 11.0. The van der Waals surface area contributed by atoms with Gasteiger partial charge in [0.1, 0.15) is 30.3 Å². The Morgan fingerprint density at radius 1 is 1.11 bits per heavy atom. The van der Waals surface area contributed by atoms with Crippen molar-refractivity contribution in [3.05, 3.63) is 88.2 Å². The van der Waals surface area contributed by atoms with E-state index in [1.807, 2.05) is 38.1 Å². The van der Waals surface area contributed by atoms with Gasteiger partial charge in [-0.3, -0.25) is 14.8 Å². The number of carbonyl (C=O) groups is 1. The monoisotopic (exact) mass is 635 g/mol. The SMILES string of the molecule is CCCCS(=O)(=O)C[C@@H](NC(=O)c1cc(C)n[nH]1)OCN(Cc1cccc(CC)c1)C[C@@H](O)[C@@H](N)Cc1cc(F)cc(F)c1. The summed E-state index contributed by atoms with van der Waals surface area (Å²) in [5, 5.41) is 20.2. The van der Waals surface area contributed by atoms with E-state index in [1.54, 1.807) is 11.8 Å². The van der Waals surface area contributed by atoms with Crippen molar-refractivity contribution < 1.29 is 31.8 Å². The molecule has 2 aromatic carbocycles. The number of aryl methyl sites for hydroxylation is 2. The number of rotatable bonds is 18. The number of ether oxygens (including phenoxy) is 1. The van der Waals surface area contributed by atoms with E-state index in [4.69, 9.17) is 10.5 Å². The Balaban J connectivity index is 1.79. The van der Waals surface area contributed by atoms with Gasteiger partial charge in [0.05, 0.1) is 23.3 Å². The number of nitrogens with two attached hydrogens (primary N) is 1. The smallest absolute Gasteiger partial charge is 0.271 e. The van der Waals surface area contributed by atoms with Crippen LogP contribution in [0.4, 0.5) is 8.78 Å². The third kappa shape index (κ3) is 11.7. The molecule has 1 aromatic heterocycles. The molecule has 0 aliphatic rings. The summed E-state index contributed by atoms with van der Waals surface area (Å²) >= 11 is 0. The highest BCUT2D eigenvalue weighted by Crippen LogP contribution is 2.14. The van der Waals surface area contributed by atoms with Crippen LogP contribution in [-0.4, -0.2) is 77.7 Å². The molecule has 0 saturated heterocycles. The lowest BCUT2D eigenvalue weighted by atomic mass is 10.0. The fourth-order valence-electron chi connectivity index (χ4n) is 4.67. The maximum Gasteiger partial charge on any atom is 0.271 e.